The molecule has 0 radical (unpaired) electrons. The van der Waals surface area contributed by atoms with Crippen molar-refractivity contribution >= 4 is 39.5 Å². The summed E-state index contributed by atoms with van der Waals surface area (Å²) >= 11 is 0. The average molecular weight is 1450 g/mol. The van der Waals surface area contributed by atoms with E-state index in [1.54, 1.807) is 0 Å². The summed E-state index contributed by atoms with van der Waals surface area (Å²) < 4.78 is 68.6. The van der Waals surface area contributed by atoms with Gasteiger partial charge in [-0.1, -0.05) is 342 Å². The predicted molar refractivity (Wildman–Crippen MR) is 404 cm³/mol. The fourth-order valence-electron chi connectivity index (χ4n) is 11.8. The Kier molecular flexibility index (Phi) is 69.4. The zero-order valence-electron chi connectivity index (χ0n) is 64.3. The van der Waals surface area contributed by atoms with E-state index in [1.807, 2.05) is 0 Å². The molecule has 0 fully saturated rings. The minimum absolute atomic E-state index is 0.0844. The molecule has 0 aromatic heterocycles. The van der Waals surface area contributed by atoms with Crippen molar-refractivity contribution in [3.8, 4) is 0 Å². The Bertz CT molecular complexity index is 2000. The number of carbonyl (C=O) groups is 4. The van der Waals surface area contributed by atoms with Crippen LogP contribution in [0.25, 0.3) is 0 Å². The van der Waals surface area contributed by atoms with Crippen LogP contribution in [-0.4, -0.2) is 96.7 Å². The van der Waals surface area contributed by atoms with Crippen LogP contribution < -0.4 is 0 Å². The topological polar surface area (TPSA) is 237 Å². The van der Waals surface area contributed by atoms with Crippen LogP contribution in [0.15, 0.2) is 24.3 Å². The molecule has 0 bridgehead atoms. The van der Waals surface area contributed by atoms with Crippen molar-refractivity contribution in [3.63, 3.8) is 0 Å². The molecule has 0 rings (SSSR count). The number of phosphoric acid groups is 2. The van der Waals surface area contributed by atoms with Gasteiger partial charge in [-0.25, -0.2) is 9.13 Å². The van der Waals surface area contributed by atoms with Gasteiger partial charge in [0.15, 0.2) is 12.2 Å². The van der Waals surface area contributed by atoms with Gasteiger partial charge < -0.3 is 33.8 Å². The second-order valence-electron chi connectivity index (χ2n) is 29.1. The summed E-state index contributed by atoms with van der Waals surface area (Å²) in [7, 11) is -9.93. The number of aliphatic hydroxyl groups excluding tert-OH is 1. The van der Waals surface area contributed by atoms with Crippen LogP contribution in [0.2, 0.25) is 0 Å². The number of rotatable bonds is 77. The first-order chi connectivity index (χ1) is 47.9. The number of esters is 4. The minimum atomic E-state index is -4.97. The fraction of sp³-hybridized carbons (Fsp3) is 0.900. The molecule has 17 nitrogen and oxygen atoms in total. The zero-order chi connectivity index (χ0) is 72.8. The van der Waals surface area contributed by atoms with Crippen LogP contribution in [0.3, 0.4) is 0 Å². The van der Waals surface area contributed by atoms with Gasteiger partial charge in [0.1, 0.15) is 19.3 Å². The van der Waals surface area contributed by atoms with E-state index in [2.05, 4.69) is 65.8 Å². The number of unbranched alkanes of at least 4 members (excludes halogenated alkanes) is 44. The van der Waals surface area contributed by atoms with E-state index in [4.69, 9.17) is 37.0 Å². The number of allylic oxidation sites excluding steroid dienone is 4. The van der Waals surface area contributed by atoms with Crippen molar-refractivity contribution in [2.24, 2.45) is 11.8 Å². The van der Waals surface area contributed by atoms with Crippen molar-refractivity contribution in [3.05, 3.63) is 24.3 Å². The average Bonchev–Trinajstić information content (AvgIpc) is 0.978. The Labute approximate surface area is 605 Å². The Hall–Kier alpha value is -2.46. The quantitative estimate of drug-likeness (QED) is 0.0169. The van der Waals surface area contributed by atoms with Crippen molar-refractivity contribution in [2.75, 3.05) is 39.6 Å². The maximum atomic E-state index is 13.1. The van der Waals surface area contributed by atoms with Crippen molar-refractivity contribution in [1.29, 1.82) is 0 Å². The van der Waals surface area contributed by atoms with Crippen LogP contribution >= 0.6 is 15.6 Å². The Morgan fingerprint density at radius 3 is 0.828 bits per heavy atom. The molecule has 0 saturated heterocycles. The Balaban J connectivity index is 5.28. The lowest BCUT2D eigenvalue weighted by molar-refractivity contribution is -0.161. The molecule has 0 heterocycles. The summed E-state index contributed by atoms with van der Waals surface area (Å²) in [4.78, 5) is 72.9. The van der Waals surface area contributed by atoms with E-state index in [0.717, 1.165) is 115 Å². The van der Waals surface area contributed by atoms with E-state index in [1.165, 1.54) is 193 Å². The second-order valence-corrected chi connectivity index (χ2v) is 32.0. The molecular weight excluding hydrogens is 1290 g/mol. The van der Waals surface area contributed by atoms with Crippen molar-refractivity contribution in [2.45, 2.75) is 413 Å². The number of phosphoric ester groups is 2. The summed E-state index contributed by atoms with van der Waals surface area (Å²) in [5, 5.41) is 10.6. The standard InChI is InChI=1S/C80H152O17P2/c1-7-9-11-13-15-17-19-21-23-24-26-30-34-38-44-50-56-62-77(82)90-68-75(96-79(84)65-59-53-46-40-36-32-28-27-29-33-37-42-48-54-60-72(3)4)70-94-98(86,87)92-66-74(81)67-93-99(88,89)95-71-76(69-91-78(83)63-57-51-47-41-43-49-55-61-73(5)6)97-80(85)64-58-52-45-39-35-31-25-22-20-18-16-14-12-10-8-2/h18,20,22,25,72-76,81H,7-17,19,21,23-24,26-71H2,1-6H3,(H,86,87)(H,88,89)/b20-18-,25-22-/t74-,75-,76-/m1/s1. The van der Waals surface area contributed by atoms with E-state index < -0.39 is 97.5 Å². The second kappa shape index (κ2) is 71.2. The fourth-order valence-corrected chi connectivity index (χ4v) is 13.4. The zero-order valence-corrected chi connectivity index (χ0v) is 66.1. The maximum Gasteiger partial charge on any atom is 0.472 e. The molecule has 0 saturated carbocycles. The molecule has 19 heteroatoms. The predicted octanol–water partition coefficient (Wildman–Crippen LogP) is 23.4. The van der Waals surface area contributed by atoms with Gasteiger partial charge in [-0.15, -0.1) is 0 Å². The molecule has 0 aromatic rings. The van der Waals surface area contributed by atoms with Gasteiger partial charge in [0, 0.05) is 25.7 Å². The molecule has 0 spiro atoms. The highest BCUT2D eigenvalue weighted by Gasteiger charge is 2.30. The van der Waals surface area contributed by atoms with Crippen molar-refractivity contribution < 1.29 is 80.2 Å². The number of hydrogen-bond acceptors (Lipinski definition) is 15. The first-order valence-corrected chi connectivity index (χ1v) is 43.8. The summed E-state index contributed by atoms with van der Waals surface area (Å²) in [6, 6.07) is 0. The SMILES string of the molecule is CCCCCC/C=C\C=C/CCCCCCCC(=O)O[C@H](COC(=O)CCCCCCCCCC(C)C)COP(=O)(O)OC[C@H](O)COP(=O)(O)OC[C@@H](COC(=O)CCCCCCCCCCCCCCCCCCC)OC(=O)CCCCCCCCCCCCCCCCC(C)C. The first-order valence-electron chi connectivity index (χ1n) is 40.8. The molecule has 0 aliphatic carbocycles. The summed E-state index contributed by atoms with van der Waals surface area (Å²) in [5.74, 6) is -0.646. The van der Waals surface area contributed by atoms with Crippen molar-refractivity contribution in [1.82, 2.24) is 0 Å². The highest BCUT2D eigenvalue weighted by Crippen LogP contribution is 2.45. The first kappa shape index (κ1) is 96.5. The third-order valence-corrected chi connectivity index (χ3v) is 20.0. The molecule has 2 unspecified atom stereocenters. The molecular formula is C80H152O17P2. The molecule has 0 amide bonds. The molecule has 0 aliphatic rings. The largest absolute Gasteiger partial charge is 0.472 e. The van der Waals surface area contributed by atoms with Gasteiger partial charge >= 0.3 is 39.5 Å². The molecule has 99 heavy (non-hydrogen) atoms. The van der Waals surface area contributed by atoms with Crippen LogP contribution in [0.5, 0.6) is 0 Å². The van der Waals surface area contributed by atoms with Gasteiger partial charge in [-0.05, 0) is 63.2 Å². The van der Waals surface area contributed by atoms with E-state index in [9.17, 15) is 43.2 Å². The highest BCUT2D eigenvalue weighted by molar-refractivity contribution is 7.47. The Morgan fingerprint density at radius 2 is 0.545 bits per heavy atom. The smallest absolute Gasteiger partial charge is 0.462 e. The van der Waals surface area contributed by atoms with E-state index in [-0.39, 0.29) is 25.7 Å². The van der Waals surface area contributed by atoms with Crippen LogP contribution in [0.4, 0.5) is 0 Å². The number of aliphatic hydroxyl groups is 1. The summed E-state index contributed by atoms with van der Waals surface area (Å²) in [6.07, 6.45) is 63.3. The van der Waals surface area contributed by atoms with Gasteiger partial charge in [0.05, 0.1) is 26.4 Å². The summed E-state index contributed by atoms with van der Waals surface area (Å²) in [5.41, 5.74) is 0. The minimum Gasteiger partial charge on any atom is -0.462 e. The van der Waals surface area contributed by atoms with Gasteiger partial charge in [-0.3, -0.25) is 37.3 Å². The Morgan fingerprint density at radius 1 is 0.313 bits per heavy atom. The third-order valence-electron chi connectivity index (χ3n) is 18.1. The molecule has 584 valence electrons. The maximum absolute atomic E-state index is 13.1. The number of hydrogen-bond donors (Lipinski definition) is 3. The van der Waals surface area contributed by atoms with Gasteiger partial charge in [-0.2, -0.15) is 0 Å². The van der Waals surface area contributed by atoms with Crippen LogP contribution in [0, 0.1) is 11.8 Å². The molecule has 5 atom stereocenters. The normalized spacial score (nSPS) is 14.1. The van der Waals surface area contributed by atoms with Crippen LogP contribution in [0.1, 0.15) is 395 Å². The van der Waals surface area contributed by atoms with Gasteiger partial charge in [0.2, 0.25) is 0 Å². The number of ether oxygens (including phenoxy) is 4. The highest BCUT2D eigenvalue weighted by atomic mass is 31.2. The molecule has 0 aromatic carbocycles. The molecule has 3 N–H and O–H groups in total. The summed E-state index contributed by atoms with van der Waals surface area (Å²) in [6.45, 7) is 9.52. The number of carbonyl (C=O) groups excluding carboxylic acids is 4. The monoisotopic (exact) mass is 1450 g/mol. The van der Waals surface area contributed by atoms with E-state index in [0.29, 0.717) is 31.6 Å². The lowest BCUT2D eigenvalue weighted by atomic mass is 10.0. The van der Waals surface area contributed by atoms with E-state index >= 15 is 0 Å². The van der Waals surface area contributed by atoms with Crippen LogP contribution in [-0.2, 0) is 65.4 Å². The lowest BCUT2D eigenvalue weighted by Gasteiger charge is -2.21. The van der Waals surface area contributed by atoms with Gasteiger partial charge in [0.25, 0.3) is 0 Å². The lowest BCUT2D eigenvalue weighted by Crippen LogP contribution is -2.30. The third kappa shape index (κ3) is 73.6. The molecule has 0 aliphatic heterocycles.